The van der Waals surface area contributed by atoms with E-state index in [0.717, 1.165) is 22.3 Å². The van der Waals surface area contributed by atoms with E-state index in [-0.39, 0.29) is 25.0 Å². The predicted molar refractivity (Wildman–Crippen MR) is 115 cm³/mol. The molecule has 2 aromatic rings. The van der Waals surface area contributed by atoms with Crippen LogP contribution >= 0.6 is 0 Å². The van der Waals surface area contributed by atoms with E-state index in [1.165, 1.54) is 0 Å². The highest BCUT2D eigenvalue weighted by Crippen LogP contribution is 2.44. The van der Waals surface area contributed by atoms with Gasteiger partial charge in [-0.1, -0.05) is 61.4 Å². The number of hydrogen-bond donors (Lipinski definition) is 3. The zero-order valence-corrected chi connectivity index (χ0v) is 17.3. The largest absolute Gasteiger partial charge is 0.472 e. The molecule has 160 valence electrons. The lowest BCUT2D eigenvalue weighted by atomic mass is 9.98. The highest BCUT2D eigenvalue weighted by Gasteiger charge is 2.29. The Kier molecular flexibility index (Phi) is 6.93. The molecule has 1 aliphatic carbocycles. The second-order valence-corrected chi connectivity index (χ2v) is 7.37. The summed E-state index contributed by atoms with van der Waals surface area (Å²) in [7, 11) is 0. The number of ether oxygens (including phenoxy) is 1. The molecule has 2 unspecified atom stereocenters. The van der Waals surface area contributed by atoms with Crippen LogP contribution in [0, 0.1) is 17.8 Å². The molecule has 31 heavy (non-hydrogen) atoms. The van der Waals surface area contributed by atoms with Crippen molar-refractivity contribution in [3.63, 3.8) is 0 Å². The second kappa shape index (κ2) is 9.81. The SMILES string of the molecule is CC(NC(=O)OCC1c2ccccc2-c2ccccc21)C(C)C(=O)NCC#CC(=O)O. The molecule has 0 radical (unpaired) electrons. The summed E-state index contributed by atoms with van der Waals surface area (Å²) in [5, 5.41) is 13.7. The molecule has 0 bridgehead atoms. The van der Waals surface area contributed by atoms with Gasteiger partial charge >= 0.3 is 12.1 Å². The molecule has 3 N–H and O–H groups in total. The molecule has 2 aromatic carbocycles. The number of carboxylic acids is 1. The molecular formula is C24H24N2O5. The molecule has 7 nitrogen and oxygen atoms in total. The van der Waals surface area contributed by atoms with Crippen molar-refractivity contribution in [1.82, 2.24) is 10.6 Å². The van der Waals surface area contributed by atoms with Crippen molar-refractivity contribution in [2.45, 2.75) is 25.8 Å². The summed E-state index contributed by atoms with van der Waals surface area (Å²) in [4.78, 5) is 34.8. The normalized spacial score (nSPS) is 13.6. The molecule has 0 aromatic heterocycles. The first-order chi connectivity index (χ1) is 14.9. The van der Waals surface area contributed by atoms with E-state index >= 15 is 0 Å². The molecule has 0 aliphatic heterocycles. The van der Waals surface area contributed by atoms with Gasteiger partial charge in [-0.3, -0.25) is 4.79 Å². The number of carbonyl (C=O) groups is 3. The lowest BCUT2D eigenvalue weighted by Gasteiger charge is -2.21. The summed E-state index contributed by atoms with van der Waals surface area (Å²) in [5.74, 6) is 2.06. The Morgan fingerprint density at radius 2 is 1.61 bits per heavy atom. The van der Waals surface area contributed by atoms with Gasteiger partial charge in [0.1, 0.15) is 6.61 Å². The Hall–Kier alpha value is -3.79. The maximum absolute atomic E-state index is 12.3. The minimum absolute atomic E-state index is 0.0398. The molecule has 0 fully saturated rings. The molecule has 2 amide bonds. The van der Waals surface area contributed by atoms with E-state index in [1.807, 2.05) is 42.3 Å². The van der Waals surface area contributed by atoms with Crippen LogP contribution in [0.5, 0.6) is 0 Å². The quantitative estimate of drug-likeness (QED) is 0.624. The van der Waals surface area contributed by atoms with Crippen LogP contribution in [0.3, 0.4) is 0 Å². The van der Waals surface area contributed by atoms with E-state index in [1.54, 1.807) is 13.8 Å². The molecule has 7 heteroatoms. The molecule has 1 aliphatic rings. The smallest absolute Gasteiger partial charge is 0.407 e. The summed E-state index contributed by atoms with van der Waals surface area (Å²) in [5.41, 5.74) is 4.55. The highest BCUT2D eigenvalue weighted by molar-refractivity contribution is 5.86. The summed E-state index contributed by atoms with van der Waals surface area (Å²) in [6.07, 6.45) is -0.598. The van der Waals surface area contributed by atoms with Gasteiger partial charge in [-0.05, 0) is 29.2 Å². The van der Waals surface area contributed by atoms with Crippen LogP contribution in [0.2, 0.25) is 0 Å². The number of aliphatic carboxylic acids is 1. The first kappa shape index (κ1) is 21.9. The maximum Gasteiger partial charge on any atom is 0.407 e. The second-order valence-electron chi connectivity index (χ2n) is 7.37. The van der Waals surface area contributed by atoms with Gasteiger partial charge in [-0.2, -0.15) is 0 Å². The van der Waals surface area contributed by atoms with Gasteiger partial charge in [0.2, 0.25) is 5.91 Å². The minimum Gasteiger partial charge on any atom is -0.472 e. The van der Waals surface area contributed by atoms with Crippen molar-refractivity contribution < 1.29 is 24.2 Å². The number of benzene rings is 2. The third kappa shape index (κ3) is 5.23. The molecule has 3 rings (SSSR count). The Balaban J connectivity index is 1.54. The summed E-state index contributed by atoms with van der Waals surface area (Å²) >= 11 is 0. The first-order valence-electron chi connectivity index (χ1n) is 9.99. The predicted octanol–water partition coefficient (Wildman–Crippen LogP) is 2.75. The summed E-state index contributed by atoms with van der Waals surface area (Å²) < 4.78 is 5.50. The number of rotatable bonds is 6. The molecule has 2 atom stereocenters. The topological polar surface area (TPSA) is 105 Å². The van der Waals surface area contributed by atoms with E-state index in [2.05, 4.69) is 28.7 Å². The van der Waals surface area contributed by atoms with Crippen LogP contribution in [0.4, 0.5) is 4.79 Å². The van der Waals surface area contributed by atoms with Gasteiger partial charge in [0.05, 0.1) is 12.5 Å². The van der Waals surface area contributed by atoms with Crippen molar-refractivity contribution in [2.24, 2.45) is 5.92 Å². The zero-order valence-electron chi connectivity index (χ0n) is 17.3. The monoisotopic (exact) mass is 420 g/mol. The van der Waals surface area contributed by atoms with Gasteiger partial charge in [0.15, 0.2) is 0 Å². The third-order valence-electron chi connectivity index (χ3n) is 5.40. The highest BCUT2D eigenvalue weighted by atomic mass is 16.5. The van der Waals surface area contributed by atoms with Crippen molar-refractivity contribution in [1.29, 1.82) is 0 Å². The van der Waals surface area contributed by atoms with Crippen molar-refractivity contribution in [2.75, 3.05) is 13.2 Å². The van der Waals surface area contributed by atoms with Crippen molar-refractivity contribution >= 4 is 18.0 Å². The lowest BCUT2D eigenvalue weighted by molar-refractivity contribution is -0.130. The van der Waals surface area contributed by atoms with Crippen LogP contribution in [-0.4, -0.2) is 42.3 Å². The lowest BCUT2D eigenvalue weighted by Crippen LogP contribution is -2.44. The fourth-order valence-corrected chi connectivity index (χ4v) is 3.59. The average molecular weight is 420 g/mol. The molecule has 0 saturated carbocycles. The van der Waals surface area contributed by atoms with Crippen molar-refractivity contribution in [3.8, 4) is 23.0 Å². The van der Waals surface area contributed by atoms with Gasteiger partial charge in [-0.15, -0.1) is 0 Å². The first-order valence-corrected chi connectivity index (χ1v) is 9.99. The van der Waals surface area contributed by atoms with E-state index in [0.29, 0.717) is 0 Å². The number of carbonyl (C=O) groups excluding carboxylic acids is 2. The summed E-state index contributed by atoms with van der Waals surface area (Å²) in [6.45, 7) is 3.48. The van der Waals surface area contributed by atoms with Crippen LogP contribution in [0.15, 0.2) is 48.5 Å². The summed E-state index contributed by atoms with van der Waals surface area (Å²) in [6, 6.07) is 15.7. The van der Waals surface area contributed by atoms with E-state index in [4.69, 9.17) is 9.84 Å². The Labute approximate surface area is 180 Å². The number of nitrogens with one attached hydrogen (secondary N) is 2. The van der Waals surface area contributed by atoms with Crippen LogP contribution in [0.1, 0.15) is 30.9 Å². The number of carboxylic acid groups (broad SMARTS) is 1. The Morgan fingerprint density at radius 1 is 1.03 bits per heavy atom. The standard InChI is InChI=1S/C24H24N2O5/c1-15(23(29)25-13-7-12-22(27)28)16(2)26-24(30)31-14-21-19-10-5-3-8-17(19)18-9-4-6-11-20(18)21/h3-6,8-11,15-16,21H,13-14H2,1-2H3,(H,25,29)(H,26,30)(H,27,28). The third-order valence-corrected chi connectivity index (χ3v) is 5.40. The van der Waals surface area contributed by atoms with Gasteiger partial charge in [0.25, 0.3) is 0 Å². The van der Waals surface area contributed by atoms with Crippen molar-refractivity contribution in [3.05, 3.63) is 59.7 Å². The van der Waals surface area contributed by atoms with Gasteiger partial charge in [0, 0.05) is 17.9 Å². The Morgan fingerprint density at radius 3 is 2.19 bits per heavy atom. The van der Waals surface area contributed by atoms with Crippen LogP contribution in [0.25, 0.3) is 11.1 Å². The number of alkyl carbamates (subject to hydrolysis) is 1. The molecule has 0 spiro atoms. The van der Waals surface area contributed by atoms with Crippen LogP contribution < -0.4 is 10.6 Å². The van der Waals surface area contributed by atoms with E-state index < -0.39 is 24.0 Å². The maximum atomic E-state index is 12.3. The zero-order chi connectivity index (χ0) is 22.4. The molecule has 0 heterocycles. The average Bonchev–Trinajstić information content (AvgIpc) is 3.08. The van der Waals surface area contributed by atoms with Gasteiger partial charge in [-0.25, -0.2) is 9.59 Å². The number of fused-ring (bicyclic) bond motifs is 3. The van der Waals surface area contributed by atoms with E-state index in [9.17, 15) is 14.4 Å². The number of amides is 2. The van der Waals surface area contributed by atoms with Crippen LogP contribution in [-0.2, 0) is 14.3 Å². The van der Waals surface area contributed by atoms with Gasteiger partial charge < -0.3 is 20.5 Å². The minimum atomic E-state index is -1.26. The fraction of sp³-hybridized carbons (Fsp3) is 0.292. The fourth-order valence-electron chi connectivity index (χ4n) is 3.59. The molecular weight excluding hydrogens is 396 g/mol. The number of hydrogen-bond acceptors (Lipinski definition) is 4. The Bertz CT molecular complexity index is 1010. The molecule has 0 saturated heterocycles.